The van der Waals surface area contributed by atoms with E-state index in [0.717, 1.165) is 15.8 Å². The van der Waals surface area contributed by atoms with Crippen molar-refractivity contribution in [3.05, 3.63) is 27.7 Å². The summed E-state index contributed by atoms with van der Waals surface area (Å²) in [5.74, 6) is 0.825. The third-order valence-corrected chi connectivity index (χ3v) is 3.40. The zero-order valence-corrected chi connectivity index (χ0v) is 13.1. The van der Waals surface area contributed by atoms with Gasteiger partial charge in [-0.05, 0) is 52.9 Å². The summed E-state index contributed by atoms with van der Waals surface area (Å²) < 4.78 is 6.40. The molecule has 0 amide bonds. The molecule has 0 unspecified atom stereocenters. The van der Waals surface area contributed by atoms with Crippen LogP contribution in [-0.4, -0.2) is 7.11 Å². The van der Waals surface area contributed by atoms with Gasteiger partial charge in [0.25, 0.3) is 0 Å². The second kappa shape index (κ2) is 4.62. The van der Waals surface area contributed by atoms with E-state index in [4.69, 9.17) is 10.5 Å². The summed E-state index contributed by atoms with van der Waals surface area (Å²) in [6.45, 7) is 10.5. The minimum Gasteiger partial charge on any atom is -0.495 e. The molecule has 0 fully saturated rings. The molecule has 17 heavy (non-hydrogen) atoms. The number of halogens is 1. The summed E-state index contributed by atoms with van der Waals surface area (Å²) in [5.41, 5.74) is 8.16. The van der Waals surface area contributed by atoms with E-state index < -0.39 is 5.54 Å². The maximum Gasteiger partial charge on any atom is 0.138 e. The predicted molar refractivity (Wildman–Crippen MR) is 76.6 cm³/mol. The van der Waals surface area contributed by atoms with Gasteiger partial charge in [-0.3, -0.25) is 0 Å². The first-order valence-electron chi connectivity index (χ1n) is 5.74. The van der Waals surface area contributed by atoms with Crippen LogP contribution in [-0.2, 0) is 11.0 Å². The summed E-state index contributed by atoms with van der Waals surface area (Å²) in [4.78, 5) is 0. The highest BCUT2D eigenvalue weighted by Gasteiger charge is 2.25. The number of hydrogen-bond acceptors (Lipinski definition) is 2. The van der Waals surface area contributed by atoms with Crippen LogP contribution in [0.3, 0.4) is 0 Å². The number of hydrogen-bond donors (Lipinski definition) is 1. The molecule has 0 aromatic heterocycles. The minimum absolute atomic E-state index is 0.0921. The van der Waals surface area contributed by atoms with Crippen LogP contribution in [0.1, 0.15) is 45.7 Å². The molecule has 96 valence electrons. The fourth-order valence-electron chi connectivity index (χ4n) is 1.71. The van der Waals surface area contributed by atoms with Crippen molar-refractivity contribution in [2.24, 2.45) is 5.73 Å². The Labute approximate surface area is 113 Å². The van der Waals surface area contributed by atoms with Gasteiger partial charge in [-0.2, -0.15) is 0 Å². The van der Waals surface area contributed by atoms with Gasteiger partial charge in [0.05, 0.1) is 11.6 Å². The van der Waals surface area contributed by atoms with Gasteiger partial charge in [0.1, 0.15) is 5.75 Å². The number of methoxy groups -OCH3 is 1. The van der Waals surface area contributed by atoms with E-state index in [1.807, 2.05) is 13.8 Å². The van der Waals surface area contributed by atoms with E-state index in [1.165, 1.54) is 5.56 Å². The second-order valence-corrected chi connectivity index (χ2v) is 6.86. The number of rotatable bonds is 2. The molecule has 1 aromatic carbocycles. The molecule has 1 rings (SSSR count). The number of nitrogens with two attached hydrogens (primary N) is 1. The summed E-state index contributed by atoms with van der Waals surface area (Å²) in [6, 6.07) is 4.25. The number of benzene rings is 1. The molecule has 0 bridgehead atoms. The molecule has 1 aromatic rings. The molecule has 0 aliphatic rings. The average Bonchev–Trinajstić information content (AvgIpc) is 2.13. The topological polar surface area (TPSA) is 35.2 Å². The van der Waals surface area contributed by atoms with Crippen molar-refractivity contribution < 1.29 is 4.74 Å². The minimum atomic E-state index is -0.422. The monoisotopic (exact) mass is 299 g/mol. The van der Waals surface area contributed by atoms with Crippen molar-refractivity contribution >= 4 is 15.9 Å². The lowest BCUT2D eigenvalue weighted by atomic mass is 9.83. The molecule has 0 aliphatic carbocycles. The molecule has 3 heteroatoms. The molecule has 0 atom stereocenters. The van der Waals surface area contributed by atoms with Crippen LogP contribution in [0.5, 0.6) is 5.75 Å². The molecular formula is C14H22BrNO. The first-order valence-corrected chi connectivity index (χ1v) is 6.54. The maximum atomic E-state index is 6.21. The fraction of sp³-hybridized carbons (Fsp3) is 0.571. The summed E-state index contributed by atoms with van der Waals surface area (Å²) in [7, 11) is 1.67. The Balaban J connectivity index is 3.51. The lowest BCUT2D eigenvalue weighted by Crippen LogP contribution is -2.30. The van der Waals surface area contributed by atoms with Crippen molar-refractivity contribution in [2.45, 2.75) is 45.6 Å². The lowest BCUT2D eigenvalue weighted by Gasteiger charge is -2.27. The van der Waals surface area contributed by atoms with E-state index in [1.54, 1.807) is 7.11 Å². The van der Waals surface area contributed by atoms with Crippen LogP contribution >= 0.6 is 15.9 Å². The fourth-order valence-corrected chi connectivity index (χ4v) is 2.33. The highest BCUT2D eigenvalue weighted by molar-refractivity contribution is 9.10. The maximum absolute atomic E-state index is 6.21. The molecule has 0 saturated carbocycles. The van der Waals surface area contributed by atoms with Crippen LogP contribution in [0.4, 0.5) is 0 Å². The Morgan fingerprint density at radius 3 is 2.00 bits per heavy atom. The van der Waals surface area contributed by atoms with Crippen molar-refractivity contribution in [1.82, 2.24) is 0 Å². The molecule has 0 saturated heterocycles. The van der Waals surface area contributed by atoms with Gasteiger partial charge in [0, 0.05) is 11.1 Å². The van der Waals surface area contributed by atoms with Gasteiger partial charge in [-0.1, -0.05) is 20.8 Å². The predicted octanol–water partition coefficient (Wildman–Crippen LogP) is 3.95. The van der Waals surface area contributed by atoms with E-state index in [-0.39, 0.29) is 5.41 Å². The van der Waals surface area contributed by atoms with Crippen molar-refractivity contribution in [1.29, 1.82) is 0 Å². The molecule has 2 N–H and O–H groups in total. The molecular weight excluding hydrogens is 278 g/mol. The van der Waals surface area contributed by atoms with Gasteiger partial charge in [-0.15, -0.1) is 0 Å². The van der Waals surface area contributed by atoms with Crippen LogP contribution < -0.4 is 10.5 Å². The first kappa shape index (κ1) is 14.5. The molecule has 0 radical (unpaired) electrons. The quantitative estimate of drug-likeness (QED) is 0.897. The first-order chi connectivity index (χ1) is 7.57. The lowest BCUT2D eigenvalue weighted by molar-refractivity contribution is 0.390. The highest BCUT2D eigenvalue weighted by Crippen LogP contribution is 2.38. The molecule has 0 aliphatic heterocycles. The summed E-state index contributed by atoms with van der Waals surface area (Å²) >= 11 is 3.56. The van der Waals surface area contributed by atoms with E-state index in [9.17, 15) is 0 Å². The van der Waals surface area contributed by atoms with E-state index >= 15 is 0 Å². The molecule has 0 spiro atoms. The largest absolute Gasteiger partial charge is 0.495 e. The third-order valence-electron chi connectivity index (χ3n) is 2.81. The Morgan fingerprint density at radius 1 is 1.12 bits per heavy atom. The Hall–Kier alpha value is -0.540. The SMILES string of the molecule is COc1c(Br)cc(C(C)(C)C)cc1C(C)(C)N. The van der Waals surface area contributed by atoms with Crippen LogP contribution in [0.2, 0.25) is 0 Å². The zero-order valence-electron chi connectivity index (χ0n) is 11.5. The number of ether oxygens (including phenoxy) is 1. The molecule has 2 nitrogen and oxygen atoms in total. The van der Waals surface area contributed by atoms with Crippen LogP contribution in [0.25, 0.3) is 0 Å². The summed E-state index contributed by atoms with van der Waals surface area (Å²) in [6.07, 6.45) is 0. The van der Waals surface area contributed by atoms with Gasteiger partial charge >= 0.3 is 0 Å². The Kier molecular flexibility index (Phi) is 3.94. The van der Waals surface area contributed by atoms with Crippen molar-refractivity contribution in [2.75, 3.05) is 7.11 Å². The summed E-state index contributed by atoms with van der Waals surface area (Å²) in [5, 5.41) is 0. The van der Waals surface area contributed by atoms with Gasteiger partial charge in [0.15, 0.2) is 0 Å². The van der Waals surface area contributed by atoms with Gasteiger partial charge in [-0.25, -0.2) is 0 Å². The second-order valence-electron chi connectivity index (χ2n) is 6.01. The highest BCUT2D eigenvalue weighted by atomic mass is 79.9. The van der Waals surface area contributed by atoms with Gasteiger partial charge < -0.3 is 10.5 Å². The van der Waals surface area contributed by atoms with E-state index in [0.29, 0.717) is 0 Å². The average molecular weight is 300 g/mol. The van der Waals surface area contributed by atoms with Crippen molar-refractivity contribution in [3.8, 4) is 5.75 Å². The Morgan fingerprint density at radius 2 is 1.65 bits per heavy atom. The van der Waals surface area contributed by atoms with Crippen LogP contribution in [0.15, 0.2) is 16.6 Å². The van der Waals surface area contributed by atoms with Crippen LogP contribution in [0, 0.1) is 0 Å². The molecule has 0 heterocycles. The standard InChI is InChI=1S/C14H22BrNO/c1-13(2,3)9-7-10(14(4,5)16)12(17-6)11(15)8-9/h7-8H,16H2,1-6H3. The zero-order chi connectivity index (χ0) is 13.4. The smallest absolute Gasteiger partial charge is 0.138 e. The third kappa shape index (κ3) is 3.23. The normalized spacial score (nSPS) is 12.7. The Bertz CT molecular complexity index is 413. The van der Waals surface area contributed by atoms with Gasteiger partial charge in [0.2, 0.25) is 0 Å². The van der Waals surface area contributed by atoms with Crippen molar-refractivity contribution in [3.63, 3.8) is 0 Å². The van der Waals surface area contributed by atoms with E-state index in [2.05, 4.69) is 48.8 Å².